The molecular weight excluding hydrogens is 407 g/mol. The fourth-order valence-corrected chi connectivity index (χ4v) is 3.77. The van der Waals surface area contributed by atoms with Crippen LogP contribution in [-0.4, -0.2) is 26.6 Å². The molecule has 5 nitrogen and oxygen atoms in total. The molecule has 0 saturated carbocycles. The van der Waals surface area contributed by atoms with Gasteiger partial charge in [0.2, 0.25) is 0 Å². The number of carbonyl (C=O) groups is 1. The van der Waals surface area contributed by atoms with E-state index < -0.39 is 27.5 Å². The van der Waals surface area contributed by atoms with Gasteiger partial charge in [-0.1, -0.05) is 30.2 Å². The molecule has 7 heteroatoms. The molecule has 0 saturated heterocycles. The molecular formula is C23H29FO5S. The summed E-state index contributed by atoms with van der Waals surface area (Å²) >= 11 is 0. The Kier molecular flexibility index (Phi) is 8.15. The lowest BCUT2D eigenvalue weighted by Gasteiger charge is -2.20. The van der Waals surface area contributed by atoms with E-state index in [2.05, 4.69) is 0 Å². The second-order valence-electron chi connectivity index (χ2n) is 8.20. The molecule has 0 N–H and O–H groups in total. The van der Waals surface area contributed by atoms with Crippen LogP contribution < -0.4 is 0 Å². The van der Waals surface area contributed by atoms with Gasteiger partial charge >= 0.3 is 5.97 Å². The lowest BCUT2D eigenvalue weighted by Crippen LogP contribution is -2.24. The van der Waals surface area contributed by atoms with Gasteiger partial charge in [-0.2, -0.15) is 8.42 Å². The van der Waals surface area contributed by atoms with E-state index in [-0.39, 0.29) is 17.1 Å². The van der Waals surface area contributed by atoms with Crippen LogP contribution in [-0.2, 0) is 25.5 Å². The number of hydrogen-bond acceptors (Lipinski definition) is 5. The molecule has 0 aliphatic carbocycles. The van der Waals surface area contributed by atoms with Gasteiger partial charge in [0, 0.05) is 0 Å². The van der Waals surface area contributed by atoms with Gasteiger partial charge in [0.25, 0.3) is 10.1 Å². The van der Waals surface area contributed by atoms with Gasteiger partial charge < -0.3 is 4.74 Å². The number of ether oxygens (including phenoxy) is 1. The van der Waals surface area contributed by atoms with Gasteiger partial charge in [-0.3, -0.25) is 4.18 Å². The number of hydrogen-bond donors (Lipinski definition) is 0. The van der Waals surface area contributed by atoms with Gasteiger partial charge in [0.15, 0.2) is 0 Å². The summed E-state index contributed by atoms with van der Waals surface area (Å²) in [5.74, 6) is -1.04. The molecule has 0 amide bonds. The first kappa shape index (κ1) is 24.0. The Morgan fingerprint density at radius 2 is 1.67 bits per heavy atom. The van der Waals surface area contributed by atoms with Crippen LogP contribution in [0.15, 0.2) is 47.4 Å². The molecule has 0 radical (unpaired) electrons. The average Bonchev–Trinajstić information content (AvgIpc) is 2.64. The molecule has 2 aromatic carbocycles. The van der Waals surface area contributed by atoms with Crippen LogP contribution in [0, 0.1) is 12.7 Å². The Balaban J connectivity index is 1.84. The molecule has 0 spiro atoms. The van der Waals surface area contributed by atoms with Gasteiger partial charge in [0.1, 0.15) is 11.4 Å². The summed E-state index contributed by atoms with van der Waals surface area (Å²) < 4.78 is 48.4. The first-order valence-corrected chi connectivity index (χ1v) is 11.4. The summed E-state index contributed by atoms with van der Waals surface area (Å²) in [7, 11) is -3.76. The van der Waals surface area contributed by atoms with Crippen LogP contribution in [0.1, 0.15) is 61.5 Å². The quantitative estimate of drug-likeness (QED) is 0.307. The highest BCUT2D eigenvalue weighted by Crippen LogP contribution is 2.20. The van der Waals surface area contributed by atoms with Crippen molar-refractivity contribution in [2.24, 2.45) is 0 Å². The summed E-state index contributed by atoms with van der Waals surface area (Å²) in [5.41, 5.74) is 1.24. The molecule has 0 aliphatic rings. The standard InChI is InChI=1S/C23H29FO5S/c1-17-9-13-20(14-10-17)30(26,27)28-15-7-5-6-8-18-11-12-19(24)16-21(18)22(25)29-23(2,3)4/h9-14,16H,5-8,15H2,1-4H3. The van der Waals surface area contributed by atoms with Gasteiger partial charge in [0.05, 0.1) is 17.1 Å². The third-order valence-corrected chi connectivity index (χ3v) is 5.66. The largest absolute Gasteiger partial charge is 0.456 e. The molecule has 0 unspecified atom stereocenters. The van der Waals surface area contributed by atoms with Gasteiger partial charge in [-0.05, 0) is 76.8 Å². The van der Waals surface area contributed by atoms with Crippen LogP contribution in [0.5, 0.6) is 0 Å². The van der Waals surface area contributed by atoms with E-state index >= 15 is 0 Å². The summed E-state index contributed by atoms with van der Waals surface area (Å²) in [6.07, 6.45) is 2.51. The monoisotopic (exact) mass is 436 g/mol. The third-order valence-electron chi connectivity index (χ3n) is 4.33. The third kappa shape index (κ3) is 7.54. The second kappa shape index (κ2) is 10.2. The number of aryl methyl sites for hydroxylation is 2. The maximum Gasteiger partial charge on any atom is 0.339 e. The maximum absolute atomic E-state index is 13.6. The summed E-state index contributed by atoms with van der Waals surface area (Å²) in [6.45, 7) is 7.24. The topological polar surface area (TPSA) is 69.7 Å². The minimum atomic E-state index is -3.76. The predicted octanol–water partition coefficient (Wildman–Crippen LogP) is 5.21. The Morgan fingerprint density at radius 1 is 1.00 bits per heavy atom. The van der Waals surface area contributed by atoms with Crippen LogP contribution >= 0.6 is 0 Å². The highest BCUT2D eigenvalue weighted by Gasteiger charge is 2.21. The lowest BCUT2D eigenvalue weighted by molar-refractivity contribution is 0.00677. The maximum atomic E-state index is 13.6. The molecule has 2 rings (SSSR count). The Hall–Kier alpha value is -2.25. The molecule has 164 valence electrons. The fraction of sp³-hybridized carbons (Fsp3) is 0.435. The van der Waals surface area contributed by atoms with E-state index in [0.717, 1.165) is 5.56 Å². The smallest absolute Gasteiger partial charge is 0.339 e. The van der Waals surface area contributed by atoms with Crippen LogP contribution in [0.4, 0.5) is 4.39 Å². The fourth-order valence-electron chi connectivity index (χ4n) is 2.83. The number of unbranched alkanes of at least 4 members (excludes halogenated alkanes) is 2. The molecule has 30 heavy (non-hydrogen) atoms. The van der Waals surface area contributed by atoms with E-state index in [1.54, 1.807) is 39.0 Å². The number of rotatable bonds is 9. The van der Waals surface area contributed by atoms with E-state index in [1.165, 1.54) is 24.3 Å². The van der Waals surface area contributed by atoms with E-state index in [0.29, 0.717) is 31.2 Å². The molecule has 0 heterocycles. The minimum absolute atomic E-state index is 0.0819. The SMILES string of the molecule is Cc1ccc(S(=O)(=O)OCCCCCc2ccc(F)cc2C(=O)OC(C)(C)C)cc1. The van der Waals surface area contributed by atoms with Gasteiger partial charge in [-0.15, -0.1) is 0 Å². The molecule has 0 aromatic heterocycles. The zero-order valence-corrected chi connectivity index (χ0v) is 18.7. The van der Waals surface area contributed by atoms with E-state index in [4.69, 9.17) is 8.92 Å². The Bertz CT molecular complexity index is 960. The molecule has 0 fully saturated rings. The second-order valence-corrected chi connectivity index (χ2v) is 9.82. The average molecular weight is 437 g/mol. The van der Waals surface area contributed by atoms with Crippen molar-refractivity contribution in [3.8, 4) is 0 Å². The van der Waals surface area contributed by atoms with Crippen molar-refractivity contribution in [1.82, 2.24) is 0 Å². The van der Waals surface area contributed by atoms with Crippen molar-refractivity contribution in [1.29, 1.82) is 0 Å². The first-order valence-electron chi connectivity index (χ1n) is 9.96. The van der Waals surface area contributed by atoms with Crippen molar-refractivity contribution in [3.63, 3.8) is 0 Å². The van der Waals surface area contributed by atoms with Crippen molar-refractivity contribution < 1.29 is 26.5 Å². The summed E-state index contributed by atoms with van der Waals surface area (Å²) in [5, 5.41) is 0. The number of carbonyl (C=O) groups excluding carboxylic acids is 1. The summed E-state index contributed by atoms with van der Waals surface area (Å²) in [4.78, 5) is 12.5. The molecule has 0 bridgehead atoms. The molecule has 2 aromatic rings. The molecule has 0 aliphatic heterocycles. The van der Waals surface area contributed by atoms with Crippen LogP contribution in [0.2, 0.25) is 0 Å². The summed E-state index contributed by atoms with van der Waals surface area (Å²) in [6, 6.07) is 10.6. The van der Waals surface area contributed by atoms with Crippen molar-refractivity contribution in [2.45, 2.75) is 63.9 Å². The van der Waals surface area contributed by atoms with Crippen molar-refractivity contribution in [3.05, 3.63) is 65.0 Å². The number of benzene rings is 2. The number of halogens is 1. The van der Waals surface area contributed by atoms with Crippen molar-refractivity contribution in [2.75, 3.05) is 6.61 Å². The highest BCUT2D eigenvalue weighted by molar-refractivity contribution is 7.86. The van der Waals surface area contributed by atoms with E-state index in [1.807, 2.05) is 6.92 Å². The van der Waals surface area contributed by atoms with Crippen molar-refractivity contribution >= 4 is 16.1 Å². The minimum Gasteiger partial charge on any atom is -0.456 e. The number of esters is 1. The Morgan fingerprint density at radius 3 is 2.30 bits per heavy atom. The van der Waals surface area contributed by atoms with Gasteiger partial charge in [-0.25, -0.2) is 9.18 Å². The zero-order chi connectivity index (χ0) is 22.4. The molecule has 0 atom stereocenters. The highest BCUT2D eigenvalue weighted by atomic mass is 32.2. The van der Waals surface area contributed by atoms with Crippen LogP contribution in [0.25, 0.3) is 0 Å². The lowest BCUT2D eigenvalue weighted by atomic mass is 10.0. The Labute approximate surface area is 178 Å². The zero-order valence-electron chi connectivity index (χ0n) is 17.9. The van der Waals surface area contributed by atoms with E-state index in [9.17, 15) is 17.6 Å². The van der Waals surface area contributed by atoms with Crippen LogP contribution in [0.3, 0.4) is 0 Å². The first-order chi connectivity index (χ1) is 14.0. The predicted molar refractivity (Wildman–Crippen MR) is 113 cm³/mol. The normalized spacial score (nSPS) is 12.0.